The predicted octanol–water partition coefficient (Wildman–Crippen LogP) is 3.54. The van der Waals surface area contributed by atoms with E-state index in [4.69, 9.17) is 0 Å². The second kappa shape index (κ2) is 9.74. The number of halogens is 3. The van der Waals surface area contributed by atoms with Crippen LogP contribution in [0, 0.1) is 6.92 Å². The Bertz CT molecular complexity index is 1320. The van der Waals surface area contributed by atoms with Crippen LogP contribution in [0.15, 0.2) is 47.9 Å². The first-order chi connectivity index (χ1) is 16.5. The highest BCUT2D eigenvalue weighted by Gasteiger charge is 2.42. The van der Waals surface area contributed by atoms with Crippen LogP contribution in [0.4, 0.5) is 13.2 Å². The van der Waals surface area contributed by atoms with Crippen LogP contribution in [0.5, 0.6) is 0 Å². The lowest BCUT2D eigenvalue weighted by Gasteiger charge is -2.28. The number of pyridine rings is 2. The number of H-pyrrole nitrogens is 1. The molecule has 0 atom stereocenters. The van der Waals surface area contributed by atoms with Gasteiger partial charge in [-0.05, 0) is 56.4 Å². The molecule has 0 saturated heterocycles. The van der Waals surface area contributed by atoms with E-state index in [1.54, 1.807) is 24.5 Å². The molecule has 2 N–H and O–H groups in total. The van der Waals surface area contributed by atoms with Gasteiger partial charge >= 0.3 is 12.1 Å². The molecule has 1 aliphatic carbocycles. The molecular weight excluding hydrogens is 487 g/mol. The van der Waals surface area contributed by atoms with Crippen molar-refractivity contribution in [2.45, 2.75) is 55.8 Å². The first-order valence-corrected chi connectivity index (χ1v) is 12.2. The third-order valence-electron chi connectivity index (χ3n) is 5.57. The normalized spacial score (nSPS) is 18.9. The molecule has 4 rings (SSSR count). The molecule has 35 heavy (non-hydrogen) atoms. The van der Waals surface area contributed by atoms with Crippen LogP contribution in [0.1, 0.15) is 31.4 Å². The van der Waals surface area contributed by atoms with Gasteiger partial charge in [-0.3, -0.25) is 9.97 Å². The number of ether oxygens (including phenoxy) is 1. The summed E-state index contributed by atoms with van der Waals surface area (Å²) in [5.74, 6) is -1.65. The number of nitrogens with one attached hydrogen (secondary N) is 2. The van der Waals surface area contributed by atoms with Crippen molar-refractivity contribution >= 4 is 16.0 Å². The van der Waals surface area contributed by atoms with E-state index in [1.165, 1.54) is 18.5 Å². The highest BCUT2D eigenvalue weighted by atomic mass is 32.2. The number of imidazole rings is 1. The van der Waals surface area contributed by atoms with Gasteiger partial charge in [-0.1, -0.05) is 0 Å². The molecule has 0 unspecified atom stereocenters. The highest BCUT2D eigenvalue weighted by Crippen LogP contribution is 2.28. The zero-order valence-electron chi connectivity index (χ0n) is 18.5. The Morgan fingerprint density at radius 3 is 2.54 bits per heavy atom. The lowest BCUT2D eigenvalue weighted by atomic mass is 9.94. The summed E-state index contributed by atoms with van der Waals surface area (Å²) in [6.45, 7) is 1.84. The zero-order chi connectivity index (χ0) is 25.2. The second-order valence-electron chi connectivity index (χ2n) is 8.23. The van der Waals surface area contributed by atoms with Crippen molar-refractivity contribution in [3.8, 4) is 22.6 Å². The van der Waals surface area contributed by atoms with Crippen LogP contribution in [0.2, 0.25) is 0 Å². The van der Waals surface area contributed by atoms with Crippen molar-refractivity contribution in [1.29, 1.82) is 0 Å². The fourth-order valence-electron chi connectivity index (χ4n) is 3.81. The van der Waals surface area contributed by atoms with E-state index >= 15 is 0 Å². The molecule has 0 aliphatic heterocycles. The van der Waals surface area contributed by atoms with E-state index in [2.05, 4.69) is 29.4 Å². The molecule has 9 nitrogen and oxygen atoms in total. The molecule has 0 spiro atoms. The van der Waals surface area contributed by atoms with E-state index in [1.807, 2.05) is 6.92 Å². The molecule has 3 aromatic heterocycles. The number of hydrogen-bond acceptors (Lipinski definition) is 7. The number of esters is 1. The van der Waals surface area contributed by atoms with Gasteiger partial charge < -0.3 is 9.72 Å². The Hall–Kier alpha value is -3.32. The number of carbonyl (C=O) groups is 1. The van der Waals surface area contributed by atoms with Crippen molar-refractivity contribution in [1.82, 2.24) is 24.7 Å². The summed E-state index contributed by atoms with van der Waals surface area (Å²) in [5, 5.41) is 0. The van der Waals surface area contributed by atoms with Gasteiger partial charge in [-0.2, -0.15) is 13.2 Å². The van der Waals surface area contributed by atoms with Gasteiger partial charge in [0.2, 0.25) is 10.0 Å². The van der Waals surface area contributed by atoms with Gasteiger partial charge in [-0.25, -0.2) is 22.9 Å². The third-order valence-corrected chi connectivity index (χ3v) is 7.05. The van der Waals surface area contributed by atoms with E-state index in [0.717, 1.165) is 5.69 Å². The summed E-state index contributed by atoms with van der Waals surface area (Å²) in [7, 11) is -3.95. The van der Waals surface area contributed by atoms with Gasteiger partial charge in [0.05, 0.1) is 5.69 Å². The van der Waals surface area contributed by atoms with E-state index in [-0.39, 0.29) is 30.6 Å². The highest BCUT2D eigenvalue weighted by molar-refractivity contribution is 7.89. The molecule has 3 aromatic rings. The molecule has 0 amide bonds. The largest absolute Gasteiger partial charge is 0.490 e. The van der Waals surface area contributed by atoms with Crippen molar-refractivity contribution in [3.63, 3.8) is 0 Å². The number of hydrogen-bond donors (Lipinski definition) is 2. The zero-order valence-corrected chi connectivity index (χ0v) is 19.4. The van der Waals surface area contributed by atoms with Crippen LogP contribution in [-0.4, -0.2) is 52.6 Å². The minimum Gasteiger partial charge on any atom is -0.456 e. The topological polar surface area (TPSA) is 127 Å². The van der Waals surface area contributed by atoms with Gasteiger partial charge in [0.15, 0.2) is 5.82 Å². The van der Waals surface area contributed by atoms with Crippen LogP contribution < -0.4 is 4.72 Å². The minimum absolute atomic E-state index is 0.0483. The Kier molecular flexibility index (Phi) is 6.90. The lowest BCUT2D eigenvalue weighted by Crippen LogP contribution is -2.40. The Balaban J connectivity index is 1.44. The van der Waals surface area contributed by atoms with Crippen LogP contribution >= 0.6 is 0 Å². The average molecular weight is 510 g/mol. The maximum atomic E-state index is 13.0. The molecule has 1 aliphatic rings. The number of carbonyl (C=O) groups excluding carboxylic acids is 1. The number of rotatable bonds is 6. The molecule has 1 saturated carbocycles. The van der Waals surface area contributed by atoms with Gasteiger partial charge in [-0.15, -0.1) is 0 Å². The van der Waals surface area contributed by atoms with Crippen LogP contribution in [0.3, 0.4) is 0 Å². The predicted molar refractivity (Wildman–Crippen MR) is 118 cm³/mol. The van der Waals surface area contributed by atoms with Gasteiger partial charge in [0.25, 0.3) is 0 Å². The van der Waals surface area contributed by atoms with Crippen molar-refractivity contribution < 1.29 is 31.1 Å². The minimum atomic E-state index is -5.05. The van der Waals surface area contributed by atoms with E-state index in [0.29, 0.717) is 22.6 Å². The summed E-state index contributed by atoms with van der Waals surface area (Å²) >= 11 is 0. The summed E-state index contributed by atoms with van der Waals surface area (Å²) in [6.07, 6.45) is 0.864. The Labute approximate surface area is 199 Å². The molecule has 1 fully saturated rings. The third kappa shape index (κ3) is 6.03. The molecule has 3 heterocycles. The summed E-state index contributed by atoms with van der Waals surface area (Å²) in [5.41, 5.74) is 2.65. The monoisotopic (exact) mass is 509 g/mol. The second-order valence-corrected chi connectivity index (χ2v) is 9.94. The Morgan fingerprint density at radius 1 is 1.14 bits per heavy atom. The lowest BCUT2D eigenvalue weighted by molar-refractivity contribution is -0.206. The molecule has 186 valence electrons. The molecule has 0 radical (unpaired) electrons. The average Bonchev–Trinajstić information content (AvgIpc) is 3.26. The maximum absolute atomic E-state index is 13.0. The molecule has 0 bridgehead atoms. The SMILES string of the molecule is Cc1c[nH]c(-c2cc(-c3cncc(S(=O)(=O)N[C@H]4CC[C@H](OC(=O)C(F)(F)F)CC4)c3)ccn2)n1. The van der Waals surface area contributed by atoms with Gasteiger partial charge in [0.1, 0.15) is 16.7 Å². The van der Waals surface area contributed by atoms with E-state index in [9.17, 15) is 26.4 Å². The van der Waals surface area contributed by atoms with E-state index < -0.39 is 34.3 Å². The number of alkyl halides is 3. The first-order valence-electron chi connectivity index (χ1n) is 10.8. The molecular formula is C22H22F3N5O4S. The van der Waals surface area contributed by atoms with Crippen LogP contribution in [-0.2, 0) is 19.6 Å². The van der Waals surface area contributed by atoms with Crippen molar-refractivity contribution in [2.75, 3.05) is 0 Å². The summed E-state index contributed by atoms with van der Waals surface area (Å²) in [6, 6.07) is 4.48. The quantitative estimate of drug-likeness (QED) is 0.487. The molecule has 13 heteroatoms. The van der Waals surface area contributed by atoms with Crippen LogP contribution in [0.25, 0.3) is 22.6 Å². The van der Waals surface area contributed by atoms with Crippen molar-refractivity contribution in [2.24, 2.45) is 0 Å². The summed E-state index contributed by atoms with van der Waals surface area (Å²) in [4.78, 5) is 26.7. The first kappa shape index (κ1) is 24.8. The number of sulfonamides is 1. The number of aryl methyl sites for hydroxylation is 1. The standard InChI is InChI=1S/C22H22F3N5O4S/c1-13-10-28-20(29-13)19-9-14(6-7-27-19)15-8-18(12-26-11-15)35(32,33)30-16-2-4-17(5-3-16)34-21(31)22(23,24)25/h6-12,16-17,30H,2-5H2,1H3,(H,28,29)/t16-,17-. The number of aromatic amines is 1. The smallest absolute Gasteiger partial charge is 0.456 e. The fourth-order valence-corrected chi connectivity index (χ4v) is 5.10. The maximum Gasteiger partial charge on any atom is 0.490 e. The number of nitrogens with zero attached hydrogens (tertiary/aromatic N) is 3. The Morgan fingerprint density at radius 2 is 1.89 bits per heavy atom. The van der Waals surface area contributed by atoms with Crippen molar-refractivity contribution in [3.05, 3.63) is 48.7 Å². The fraction of sp³-hybridized carbons (Fsp3) is 0.364. The summed E-state index contributed by atoms with van der Waals surface area (Å²) < 4.78 is 70.1. The molecule has 0 aromatic carbocycles. The van der Waals surface area contributed by atoms with Gasteiger partial charge in [0, 0.05) is 36.4 Å². The number of aromatic nitrogens is 4.